The number of ether oxygens (including phenoxy) is 1. The van der Waals surface area contributed by atoms with E-state index in [4.69, 9.17) is 22.1 Å². The van der Waals surface area contributed by atoms with Crippen LogP contribution in [0.15, 0.2) is 58.7 Å². The Bertz CT molecular complexity index is 1180. The molecule has 4 nitrogen and oxygen atoms in total. The minimum Gasteiger partial charge on any atom is -0.439 e. The van der Waals surface area contributed by atoms with Crippen molar-refractivity contribution in [3.63, 3.8) is 0 Å². The molecule has 0 aliphatic carbocycles. The SMILES string of the molecule is N#CC1=C(N)Oc2c(c(=O)sc3ccccc23)C1c1c(F)cccc1Cl. The molecule has 1 aliphatic heterocycles. The highest BCUT2D eigenvalue weighted by molar-refractivity contribution is 7.16. The highest BCUT2D eigenvalue weighted by atomic mass is 35.5. The molecular weight excluding hydrogens is 375 g/mol. The summed E-state index contributed by atoms with van der Waals surface area (Å²) in [5.74, 6) is -1.56. The Morgan fingerprint density at radius 1 is 1.19 bits per heavy atom. The average molecular weight is 385 g/mol. The molecule has 3 aromatic rings. The number of nitriles is 1. The van der Waals surface area contributed by atoms with Gasteiger partial charge in [-0.2, -0.15) is 5.26 Å². The van der Waals surface area contributed by atoms with Gasteiger partial charge in [-0.1, -0.05) is 41.1 Å². The molecule has 26 heavy (non-hydrogen) atoms. The van der Waals surface area contributed by atoms with E-state index in [1.165, 1.54) is 18.2 Å². The lowest BCUT2D eigenvalue weighted by Gasteiger charge is -2.27. The van der Waals surface area contributed by atoms with Crippen molar-refractivity contribution in [1.82, 2.24) is 0 Å². The van der Waals surface area contributed by atoms with E-state index in [1.54, 1.807) is 24.3 Å². The smallest absolute Gasteiger partial charge is 0.240 e. The Morgan fingerprint density at radius 3 is 2.69 bits per heavy atom. The number of hydrogen-bond acceptors (Lipinski definition) is 5. The van der Waals surface area contributed by atoms with Crippen molar-refractivity contribution in [2.45, 2.75) is 5.92 Å². The van der Waals surface area contributed by atoms with Crippen LogP contribution in [0.2, 0.25) is 5.02 Å². The summed E-state index contributed by atoms with van der Waals surface area (Å²) in [6, 6.07) is 13.3. The molecule has 2 heterocycles. The number of hydrogen-bond donors (Lipinski definition) is 1. The van der Waals surface area contributed by atoms with Crippen LogP contribution in [0, 0.1) is 17.1 Å². The lowest BCUT2D eigenvalue weighted by atomic mass is 9.84. The van der Waals surface area contributed by atoms with Crippen molar-refractivity contribution in [2.75, 3.05) is 0 Å². The van der Waals surface area contributed by atoms with E-state index in [1.807, 2.05) is 6.07 Å². The van der Waals surface area contributed by atoms with Gasteiger partial charge in [0.05, 0.1) is 11.5 Å². The van der Waals surface area contributed by atoms with Crippen molar-refractivity contribution < 1.29 is 9.13 Å². The first kappa shape index (κ1) is 16.6. The molecule has 0 radical (unpaired) electrons. The van der Waals surface area contributed by atoms with Crippen molar-refractivity contribution in [2.24, 2.45) is 5.73 Å². The van der Waals surface area contributed by atoms with Gasteiger partial charge in [0.2, 0.25) is 10.6 Å². The second-order valence-corrected chi connectivity index (χ2v) is 7.11. The molecule has 0 fully saturated rings. The molecule has 7 heteroatoms. The van der Waals surface area contributed by atoms with Crippen LogP contribution in [0.25, 0.3) is 10.1 Å². The fourth-order valence-electron chi connectivity index (χ4n) is 3.14. The van der Waals surface area contributed by atoms with Gasteiger partial charge in [0, 0.05) is 20.7 Å². The fraction of sp³-hybridized carbons (Fsp3) is 0.0526. The largest absolute Gasteiger partial charge is 0.439 e. The molecular formula is C19H10ClFN2O2S. The topological polar surface area (TPSA) is 76.1 Å². The third-order valence-electron chi connectivity index (χ3n) is 4.26. The van der Waals surface area contributed by atoms with Crippen LogP contribution in [0.4, 0.5) is 4.39 Å². The number of allylic oxidation sites excluding steroid dienone is 1. The van der Waals surface area contributed by atoms with Gasteiger partial charge in [-0.3, -0.25) is 4.79 Å². The fourth-order valence-corrected chi connectivity index (χ4v) is 4.35. The van der Waals surface area contributed by atoms with Gasteiger partial charge in [0.1, 0.15) is 23.2 Å². The van der Waals surface area contributed by atoms with Crippen molar-refractivity contribution >= 4 is 33.0 Å². The van der Waals surface area contributed by atoms with Gasteiger partial charge in [-0.15, -0.1) is 0 Å². The number of fused-ring (bicyclic) bond motifs is 3. The summed E-state index contributed by atoms with van der Waals surface area (Å²) in [7, 11) is 0. The molecule has 1 aromatic heterocycles. The van der Waals surface area contributed by atoms with Crippen molar-refractivity contribution in [3.8, 4) is 11.8 Å². The van der Waals surface area contributed by atoms with Crippen LogP contribution >= 0.6 is 22.9 Å². The van der Waals surface area contributed by atoms with E-state index >= 15 is 0 Å². The van der Waals surface area contributed by atoms with E-state index in [2.05, 4.69) is 0 Å². The summed E-state index contributed by atoms with van der Waals surface area (Å²) >= 11 is 7.22. The zero-order valence-electron chi connectivity index (χ0n) is 13.1. The minimum absolute atomic E-state index is 0.0379. The highest BCUT2D eigenvalue weighted by Gasteiger charge is 2.37. The molecule has 0 bridgehead atoms. The minimum atomic E-state index is -1.02. The molecule has 2 N–H and O–H groups in total. The summed E-state index contributed by atoms with van der Waals surface area (Å²) in [5.41, 5.74) is 6.12. The van der Waals surface area contributed by atoms with E-state index in [0.29, 0.717) is 10.1 Å². The van der Waals surface area contributed by atoms with Gasteiger partial charge in [-0.25, -0.2) is 4.39 Å². The first-order chi connectivity index (χ1) is 12.5. The molecule has 0 spiro atoms. The molecule has 128 valence electrons. The van der Waals surface area contributed by atoms with Crippen LogP contribution < -0.4 is 15.2 Å². The molecule has 1 atom stereocenters. The van der Waals surface area contributed by atoms with E-state index in [-0.39, 0.29) is 38.1 Å². The zero-order chi connectivity index (χ0) is 18.4. The Labute approximate surface area is 156 Å². The standard InChI is InChI=1S/C19H10ClFN2O2S/c20-11-5-3-6-12(21)15(11)14-10(8-22)18(23)25-17-9-4-1-2-7-13(9)26-19(24)16(14)17/h1-7,14H,23H2. The maximum atomic E-state index is 14.6. The van der Waals surface area contributed by atoms with Crippen molar-refractivity contribution in [3.05, 3.63) is 85.4 Å². The van der Waals surface area contributed by atoms with Gasteiger partial charge in [-0.05, 0) is 24.3 Å². The Hall–Kier alpha value is -2.88. The monoisotopic (exact) mass is 384 g/mol. The third kappa shape index (κ3) is 2.37. The Kier molecular flexibility index (Phi) is 3.91. The van der Waals surface area contributed by atoms with Crippen molar-refractivity contribution in [1.29, 1.82) is 5.26 Å². The van der Waals surface area contributed by atoms with Gasteiger partial charge in [0.15, 0.2) is 0 Å². The second kappa shape index (κ2) is 6.13. The number of nitrogens with zero attached hydrogens (tertiary/aromatic N) is 1. The number of rotatable bonds is 1. The Balaban J connectivity index is 2.15. The summed E-state index contributed by atoms with van der Waals surface area (Å²) in [6.07, 6.45) is 0. The number of halogens is 2. The quantitative estimate of drug-likeness (QED) is 0.679. The van der Waals surface area contributed by atoms with Gasteiger partial charge in [0.25, 0.3) is 0 Å². The zero-order valence-corrected chi connectivity index (χ0v) is 14.7. The maximum absolute atomic E-state index is 14.6. The predicted molar refractivity (Wildman–Crippen MR) is 98.8 cm³/mol. The molecule has 1 aliphatic rings. The Morgan fingerprint density at radius 2 is 1.96 bits per heavy atom. The first-order valence-electron chi connectivity index (χ1n) is 7.60. The van der Waals surface area contributed by atoms with Gasteiger partial charge < -0.3 is 10.5 Å². The first-order valence-corrected chi connectivity index (χ1v) is 8.79. The lowest BCUT2D eigenvalue weighted by molar-refractivity contribution is 0.397. The maximum Gasteiger partial charge on any atom is 0.240 e. The van der Waals surface area contributed by atoms with Crippen LogP contribution in [0.3, 0.4) is 0 Å². The summed E-state index contributed by atoms with van der Waals surface area (Å²) in [6.45, 7) is 0. The number of benzene rings is 2. The average Bonchev–Trinajstić information content (AvgIpc) is 2.61. The summed E-state index contributed by atoms with van der Waals surface area (Å²) in [4.78, 5) is 12.9. The van der Waals surface area contributed by atoms with E-state index in [9.17, 15) is 14.4 Å². The summed E-state index contributed by atoms with van der Waals surface area (Å²) in [5, 5.41) is 10.4. The molecule has 0 saturated heterocycles. The van der Waals surface area contributed by atoms with Crippen LogP contribution in [0.1, 0.15) is 17.0 Å². The molecule has 4 rings (SSSR count). The second-order valence-electron chi connectivity index (χ2n) is 5.69. The molecule has 0 saturated carbocycles. The molecule has 1 unspecified atom stereocenters. The third-order valence-corrected chi connectivity index (χ3v) is 5.57. The van der Waals surface area contributed by atoms with E-state index < -0.39 is 11.7 Å². The van der Waals surface area contributed by atoms with E-state index in [0.717, 1.165) is 11.3 Å². The van der Waals surface area contributed by atoms with Gasteiger partial charge >= 0.3 is 0 Å². The number of nitrogens with two attached hydrogens (primary N) is 1. The predicted octanol–water partition coefficient (Wildman–Crippen LogP) is 4.27. The normalized spacial score (nSPS) is 16.1. The lowest BCUT2D eigenvalue weighted by Crippen LogP contribution is -2.26. The summed E-state index contributed by atoms with van der Waals surface area (Å²) < 4.78 is 20.6. The van der Waals surface area contributed by atoms with Crippen LogP contribution in [-0.4, -0.2) is 0 Å². The van der Waals surface area contributed by atoms with Crippen LogP contribution in [0.5, 0.6) is 5.75 Å². The van der Waals surface area contributed by atoms with Crippen LogP contribution in [-0.2, 0) is 0 Å². The molecule has 0 amide bonds. The highest BCUT2D eigenvalue weighted by Crippen LogP contribution is 2.46. The molecule has 2 aromatic carbocycles.